The van der Waals surface area contributed by atoms with Crippen LogP contribution in [0.1, 0.15) is 47.5 Å². The molecule has 30 heavy (non-hydrogen) atoms. The van der Waals surface area contributed by atoms with Gasteiger partial charge < -0.3 is 14.5 Å². The predicted molar refractivity (Wildman–Crippen MR) is 118 cm³/mol. The van der Waals surface area contributed by atoms with E-state index < -0.39 is 5.60 Å². The van der Waals surface area contributed by atoms with E-state index in [1.54, 1.807) is 24.1 Å². The van der Waals surface area contributed by atoms with Crippen molar-refractivity contribution in [1.82, 2.24) is 19.4 Å². The first-order chi connectivity index (χ1) is 14.1. The van der Waals surface area contributed by atoms with E-state index in [0.717, 1.165) is 12.8 Å². The molecule has 2 aromatic heterocycles. The molecule has 1 amide bonds. The Labute approximate surface area is 181 Å². The highest BCUT2D eigenvalue weighted by atomic mass is 35.5. The van der Waals surface area contributed by atoms with E-state index in [1.807, 2.05) is 27.7 Å². The molecule has 1 aliphatic heterocycles. The van der Waals surface area contributed by atoms with E-state index in [4.69, 9.17) is 16.3 Å². The van der Waals surface area contributed by atoms with Crippen LogP contribution in [0.25, 0.3) is 11.0 Å². The van der Waals surface area contributed by atoms with Crippen molar-refractivity contribution in [1.29, 1.82) is 0 Å². The van der Waals surface area contributed by atoms with Crippen LogP contribution >= 0.6 is 11.6 Å². The van der Waals surface area contributed by atoms with Crippen LogP contribution < -0.4 is 10.6 Å². The van der Waals surface area contributed by atoms with Gasteiger partial charge in [0.1, 0.15) is 16.3 Å². The second kappa shape index (κ2) is 8.41. The third-order valence-corrected chi connectivity index (χ3v) is 5.65. The number of carbonyl (C=O) groups is 1. The van der Waals surface area contributed by atoms with Crippen molar-refractivity contribution in [2.75, 3.05) is 18.0 Å². The molecular weight excluding hydrogens is 406 g/mol. The van der Waals surface area contributed by atoms with Gasteiger partial charge in [-0.3, -0.25) is 4.57 Å². The Kier molecular flexibility index (Phi) is 6.26. The molecule has 2 aromatic rings. The van der Waals surface area contributed by atoms with Crippen LogP contribution in [0.3, 0.4) is 0 Å². The summed E-state index contributed by atoms with van der Waals surface area (Å²) >= 11 is 6.16. The molecule has 1 aliphatic rings. The van der Waals surface area contributed by atoms with Crippen molar-refractivity contribution in [3.8, 4) is 0 Å². The monoisotopic (exact) mass is 435 g/mol. The van der Waals surface area contributed by atoms with Gasteiger partial charge >= 0.3 is 11.8 Å². The molecule has 1 saturated heterocycles. The minimum atomic E-state index is -0.557. The summed E-state index contributed by atoms with van der Waals surface area (Å²) in [5.74, 6) is 0.518. The Hall–Kier alpha value is -2.35. The summed E-state index contributed by atoms with van der Waals surface area (Å²) in [4.78, 5) is 38.1. The minimum Gasteiger partial charge on any atom is -0.444 e. The molecule has 0 bridgehead atoms. The summed E-state index contributed by atoms with van der Waals surface area (Å²) in [5.41, 5.74) is 0.354. The quantitative estimate of drug-likeness (QED) is 0.685. The number of aryl methyl sites for hydroxylation is 1. The third kappa shape index (κ3) is 4.38. The first-order valence-electron chi connectivity index (χ1n) is 10.3. The molecule has 8 nitrogen and oxygen atoms in total. The maximum atomic E-state index is 12.8. The first-order valence-corrected chi connectivity index (χ1v) is 10.7. The van der Waals surface area contributed by atoms with Crippen LogP contribution in [-0.2, 0) is 11.8 Å². The van der Waals surface area contributed by atoms with Crippen LogP contribution in [0.4, 0.5) is 10.6 Å². The maximum Gasteiger partial charge on any atom is 0.410 e. The van der Waals surface area contributed by atoms with Gasteiger partial charge in [-0.2, -0.15) is 4.98 Å². The molecule has 1 fully saturated rings. The number of fused-ring (bicyclic) bond motifs is 1. The second-order valence-corrected chi connectivity index (χ2v) is 9.08. The number of pyridine rings is 1. The Morgan fingerprint density at radius 2 is 1.83 bits per heavy atom. The van der Waals surface area contributed by atoms with Gasteiger partial charge in [-0.15, -0.1) is 0 Å². The van der Waals surface area contributed by atoms with Gasteiger partial charge in [0.15, 0.2) is 5.82 Å². The highest BCUT2D eigenvalue weighted by molar-refractivity contribution is 6.29. The Bertz CT molecular complexity index is 1000. The van der Waals surface area contributed by atoms with Crippen molar-refractivity contribution in [3.63, 3.8) is 0 Å². The predicted octanol–water partition coefficient (Wildman–Crippen LogP) is 3.60. The summed E-state index contributed by atoms with van der Waals surface area (Å²) in [6.07, 6.45) is 1.22. The molecule has 2 atom stereocenters. The largest absolute Gasteiger partial charge is 0.444 e. The average molecular weight is 436 g/mol. The van der Waals surface area contributed by atoms with Crippen molar-refractivity contribution in [3.05, 3.63) is 27.8 Å². The van der Waals surface area contributed by atoms with E-state index in [0.29, 0.717) is 35.1 Å². The molecule has 3 heterocycles. The summed E-state index contributed by atoms with van der Waals surface area (Å²) in [5, 5.41) is 0.344. The first kappa shape index (κ1) is 22.3. The molecule has 0 aromatic carbocycles. The summed E-state index contributed by atoms with van der Waals surface area (Å²) in [6.45, 7) is 10.7. The van der Waals surface area contributed by atoms with Gasteiger partial charge in [0, 0.05) is 26.2 Å². The van der Waals surface area contributed by atoms with Crippen LogP contribution in [0.15, 0.2) is 16.9 Å². The molecule has 0 radical (unpaired) electrons. The number of anilines is 1. The number of amides is 1. The highest BCUT2D eigenvalue weighted by Gasteiger charge is 2.38. The lowest BCUT2D eigenvalue weighted by Crippen LogP contribution is -2.60. The van der Waals surface area contributed by atoms with Gasteiger partial charge in [-0.05, 0) is 45.7 Å². The fourth-order valence-corrected chi connectivity index (χ4v) is 3.98. The van der Waals surface area contributed by atoms with Gasteiger partial charge in [-0.25, -0.2) is 14.6 Å². The fourth-order valence-electron chi connectivity index (χ4n) is 3.84. The second-order valence-electron chi connectivity index (χ2n) is 8.69. The Balaban J connectivity index is 2.04. The zero-order valence-electron chi connectivity index (χ0n) is 18.5. The zero-order chi connectivity index (χ0) is 22.2. The van der Waals surface area contributed by atoms with E-state index in [1.165, 1.54) is 4.57 Å². The molecule has 0 N–H and O–H groups in total. The van der Waals surface area contributed by atoms with Crippen molar-refractivity contribution in [2.24, 2.45) is 7.05 Å². The number of rotatable bonds is 3. The van der Waals surface area contributed by atoms with Crippen LogP contribution in [0.2, 0.25) is 5.15 Å². The minimum absolute atomic E-state index is 0.0242. The number of carbonyl (C=O) groups excluding carboxylic acids is 1. The summed E-state index contributed by atoms with van der Waals surface area (Å²) in [6, 6.07) is 3.36. The standard InChI is InChI=1S/C21H30ClN5O3/c1-7-13-12-27(20(29)30-21(3,4)5)14(8-2)11-26(13)18-17-15(9-10-16(22)23-17)25(6)19(28)24-18/h9-10,13-14H,7-8,11-12H2,1-6H3/t13?,14-/m0/s1. The summed E-state index contributed by atoms with van der Waals surface area (Å²) < 4.78 is 7.10. The van der Waals surface area contributed by atoms with E-state index in [-0.39, 0.29) is 23.9 Å². The zero-order valence-corrected chi connectivity index (χ0v) is 19.2. The van der Waals surface area contributed by atoms with Gasteiger partial charge in [0.2, 0.25) is 0 Å². The lowest BCUT2D eigenvalue weighted by molar-refractivity contribution is 0.00983. The summed E-state index contributed by atoms with van der Waals surface area (Å²) in [7, 11) is 1.67. The highest BCUT2D eigenvalue weighted by Crippen LogP contribution is 2.30. The Morgan fingerprint density at radius 1 is 1.17 bits per heavy atom. The fraction of sp³-hybridized carbons (Fsp3) is 0.619. The smallest absolute Gasteiger partial charge is 0.410 e. The number of ether oxygens (including phenoxy) is 1. The maximum absolute atomic E-state index is 12.8. The normalized spacial score (nSPS) is 20.0. The third-order valence-electron chi connectivity index (χ3n) is 5.44. The number of nitrogens with zero attached hydrogens (tertiary/aromatic N) is 5. The lowest BCUT2D eigenvalue weighted by Gasteiger charge is -2.46. The molecule has 0 saturated carbocycles. The van der Waals surface area contributed by atoms with Gasteiger partial charge in [0.25, 0.3) is 0 Å². The molecule has 0 aliphatic carbocycles. The van der Waals surface area contributed by atoms with E-state index in [9.17, 15) is 9.59 Å². The van der Waals surface area contributed by atoms with Gasteiger partial charge in [-0.1, -0.05) is 25.4 Å². The molecule has 3 rings (SSSR count). The van der Waals surface area contributed by atoms with E-state index in [2.05, 4.69) is 21.8 Å². The number of hydrogen-bond donors (Lipinski definition) is 0. The lowest BCUT2D eigenvalue weighted by atomic mass is 10.0. The van der Waals surface area contributed by atoms with Crippen LogP contribution in [0, 0.1) is 0 Å². The topological polar surface area (TPSA) is 80.6 Å². The number of piperazine rings is 1. The van der Waals surface area contributed by atoms with Crippen molar-refractivity contribution >= 4 is 34.5 Å². The van der Waals surface area contributed by atoms with Crippen LogP contribution in [-0.4, -0.2) is 56.3 Å². The average Bonchev–Trinajstić information content (AvgIpc) is 2.68. The molecule has 164 valence electrons. The number of aromatic nitrogens is 3. The molecule has 0 spiro atoms. The SMILES string of the molecule is CCC1CN(C(=O)OC(C)(C)C)[C@@H](CC)CN1c1nc(=O)n(C)c2ccc(Cl)nc12. The van der Waals surface area contributed by atoms with E-state index >= 15 is 0 Å². The molecule has 9 heteroatoms. The molecular formula is C21H30ClN5O3. The number of hydrogen-bond acceptors (Lipinski definition) is 6. The van der Waals surface area contributed by atoms with Gasteiger partial charge in [0.05, 0.1) is 11.6 Å². The van der Waals surface area contributed by atoms with Crippen molar-refractivity contribution < 1.29 is 9.53 Å². The molecule has 1 unspecified atom stereocenters. The van der Waals surface area contributed by atoms with Crippen molar-refractivity contribution in [2.45, 2.75) is 65.1 Å². The number of halogens is 1. The van der Waals surface area contributed by atoms with Crippen LogP contribution in [0.5, 0.6) is 0 Å². The Morgan fingerprint density at radius 3 is 2.43 bits per heavy atom.